The number of carbonyl (C=O) groups excluding carboxylic acids is 1. The molecule has 3 nitrogen and oxygen atoms in total. The summed E-state index contributed by atoms with van der Waals surface area (Å²) >= 11 is 0.706. The second kappa shape index (κ2) is 6.89. The lowest BCUT2D eigenvalue weighted by Gasteiger charge is -2.14. The third-order valence-corrected chi connectivity index (χ3v) is 3.17. The Kier molecular flexibility index (Phi) is 5.75. The van der Waals surface area contributed by atoms with Gasteiger partial charge in [-0.2, -0.15) is 13.2 Å². The summed E-state index contributed by atoms with van der Waals surface area (Å²) in [5.74, 6) is -2.79. The highest BCUT2D eigenvalue weighted by Crippen LogP contribution is 2.22. The van der Waals surface area contributed by atoms with E-state index in [1.807, 2.05) is 5.32 Å². The number of nitrogens with one attached hydrogen (secondary N) is 1. The van der Waals surface area contributed by atoms with Crippen LogP contribution >= 0.6 is 11.8 Å². The fraction of sp³-hybridized carbons (Fsp3) is 0.364. The van der Waals surface area contributed by atoms with E-state index in [-0.39, 0.29) is 10.6 Å². The van der Waals surface area contributed by atoms with Crippen molar-refractivity contribution in [2.45, 2.75) is 17.2 Å². The Morgan fingerprint density at radius 2 is 2.00 bits per heavy atom. The Labute approximate surface area is 115 Å². The lowest BCUT2D eigenvalue weighted by atomic mass is 10.3. The van der Waals surface area contributed by atoms with Gasteiger partial charge >= 0.3 is 6.18 Å². The van der Waals surface area contributed by atoms with Crippen LogP contribution in [0.3, 0.4) is 0 Å². The molecule has 1 rings (SSSR count). The molecule has 1 aromatic rings. The van der Waals surface area contributed by atoms with Crippen LogP contribution in [-0.2, 0) is 4.79 Å². The summed E-state index contributed by atoms with van der Waals surface area (Å²) in [4.78, 5) is 11.2. The predicted molar refractivity (Wildman–Crippen MR) is 62.2 cm³/mol. The maximum Gasteiger partial charge on any atom is 0.416 e. The van der Waals surface area contributed by atoms with Crippen LogP contribution in [0.2, 0.25) is 0 Å². The second-order valence-corrected chi connectivity index (χ2v) is 4.74. The minimum atomic E-state index is -4.82. The summed E-state index contributed by atoms with van der Waals surface area (Å²) in [6.45, 7) is -0.977. The van der Waals surface area contributed by atoms with Crippen molar-refractivity contribution in [3.63, 3.8) is 0 Å². The van der Waals surface area contributed by atoms with Crippen LogP contribution in [0.25, 0.3) is 0 Å². The van der Waals surface area contributed by atoms with Gasteiger partial charge in [-0.05, 0) is 12.1 Å². The van der Waals surface area contributed by atoms with Crippen molar-refractivity contribution in [1.29, 1.82) is 0 Å². The zero-order chi connectivity index (χ0) is 15.3. The highest BCUT2D eigenvalue weighted by molar-refractivity contribution is 8.00. The number of rotatable bonds is 5. The van der Waals surface area contributed by atoms with Gasteiger partial charge in [0.05, 0.1) is 12.3 Å². The van der Waals surface area contributed by atoms with E-state index < -0.39 is 36.4 Å². The Bertz CT molecular complexity index is 480. The molecule has 1 aromatic carbocycles. The average molecular weight is 315 g/mol. The van der Waals surface area contributed by atoms with Gasteiger partial charge in [-0.3, -0.25) is 4.79 Å². The summed E-state index contributed by atoms with van der Waals surface area (Å²) in [6, 6.07) is 2.75. The first-order valence-electron chi connectivity index (χ1n) is 5.29. The smallest absolute Gasteiger partial charge is 0.382 e. The maximum atomic E-state index is 13.2. The number of carbonyl (C=O) groups is 1. The molecule has 0 bridgehead atoms. The van der Waals surface area contributed by atoms with Crippen LogP contribution in [0, 0.1) is 11.6 Å². The Morgan fingerprint density at radius 3 is 2.55 bits per heavy atom. The minimum Gasteiger partial charge on any atom is -0.382 e. The number of hydrogen-bond acceptors (Lipinski definition) is 3. The summed E-state index contributed by atoms with van der Waals surface area (Å²) < 4.78 is 61.6. The van der Waals surface area contributed by atoms with Crippen molar-refractivity contribution >= 4 is 17.7 Å². The molecule has 9 heteroatoms. The van der Waals surface area contributed by atoms with E-state index in [1.54, 1.807) is 0 Å². The number of aliphatic hydroxyl groups excluding tert-OH is 1. The van der Waals surface area contributed by atoms with Gasteiger partial charge in [-0.25, -0.2) is 8.78 Å². The Balaban J connectivity index is 2.40. The van der Waals surface area contributed by atoms with Gasteiger partial charge in [0.1, 0.15) is 11.6 Å². The van der Waals surface area contributed by atoms with Crippen LogP contribution in [-0.4, -0.2) is 35.6 Å². The topological polar surface area (TPSA) is 49.3 Å². The van der Waals surface area contributed by atoms with E-state index in [4.69, 9.17) is 5.11 Å². The fourth-order valence-electron chi connectivity index (χ4n) is 1.11. The summed E-state index contributed by atoms with van der Waals surface area (Å²) in [6.07, 6.45) is -7.47. The molecule has 0 saturated heterocycles. The van der Waals surface area contributed by atoms with Gasteiger partial charge in [-0.1, -0.05) is 0 Å². The number of aliphatic hydroxyl groups is 1. The summed E-state index contributed by atoms with van der Waals surface area (Å²) in [7, 11) is 0. The number of thioether (sulfide) groups is 1. The molecule has 0 heterocycles. The van der Waals surface area contributed by atoms with Gasteiger partial charge in [-0.15, -0.1) is 11.8 Å². The molecule has 0 saturated carbocycles. The van der Waals surface area contributed by atoms with Gasteiger partial charge < -0.3 is 10.4 Å². The second-order valence-electron chi connectivity index (χ2n) is 3.72. The zero-order valence-electron chi connectivity index (χ0n) is 9.88. The molecule has 2 N–H and O–H groups in total. The van der Waals surface area contributed by atoms with E-state index >= 15 is 0 Å². The molecule has 1 unspecified atom stereocenters. The first-order valence-corrected chi connectivity index (χ1v) is 6.28. The summed E-state index contributed by atoms with van der Waals surface area (Å²) in [5, 5.41) is 10.5. The quantitative estimate of drug-likeness (QED) is 0.646. The molecule has 0 aromatic heterocycles. The molecule has 0 spiro atoms. The van der Waals surface area contributed by atoms with E-state index in [1.165, 1.54) is 0 Å². The first kappa shape index (κ1) is 16.7. The van der Waals surface area contributed by atoms with E-state index in [2.05, 4.69) is 0 Å². The van der Waals surface area contributed by atoms with Crippen molar-refractivity contribution in [3.05, 3.63) is 29.8 Å². The minimum absolute atomic E-state index is 0.00193. The lowest BCUT2D eigenvalue weighted by molar-refractivity contribution is -0.201. The Morgan fingerprint density at radius 1 is 1.35 bits per heavy atom. The lowest BCUT2D eigenvalue weighted by Crippen LogP contribution is -2.41. The van der Waals surface area contributed by atoms with E-state index in [0.717, 1.165) is 12.1 Å². The van der Waals surface area contributed by atoms with Crippen LogP contribution in [0.15, 0.2) is 23.1 Å². The molecular weight excluding hydrogens is 305 g/mol. The normalized spacial score (nSPS) is 13.1. The number of amides is 1. The first-order chi connectivity index (χ1) is 9.20. The molecule has 0 fully saturated rings. The van der Waals surface area contributed by atoms with E-state index in [9.17, 15) is 26.7 Å². The standard InChI is InChI=1S/C11H10F5NO2S/c12-6-1-2-8(7(13)3-6)20-5-10(19)17-4-9(18)11(14,15)16/h1-3,9,18H,4-5H2,(H,17,19). The van der Waals surface area contributed by atoms with Crippen molar-refractivity contribution < 1.29 is 31.9 Å². The highest BCUT2D eigenvalue weighted by atomic mass is 32.2. The van der Waals surface area contributed by atoms with Crippen molar-refractivity contribution in [3.8, 4) is 0 Å². The number of alkyl halides is 3. The number of benzene rings is 1. The maximum absolute atomic E-state index is 13.2. The average Bonchev–Trinajstić information content (AvgIpc) is 2.33. The molecule has 112 valence electrons. The van der Waals surface area contributed by atoms with Crippen molar-refractivity contribution in [2.24, 2.45) is 0 Å². The fourth-order valence-corrected chi connectivity index (χ4v) is 1.86. The molecule has 0 aliphatic heterocycles. The molecule has 1 atom stereocenters. The largest absolute Gasteiger partial charge is 0.416 e. The highest BCUT2D eigenvalue weighted by Gasteiger charge is 2.38. The van der Waals surface area contributed by atoms with Gasteiger partial charge in [0.15, 0.2) is 6.10 Å². The zero-order valence-corrected chi connectivity index (χ0v) is 10.7. The van der Waals surface area contributed by atoms with Crippen molar-refractivity contribution in [2.75, 3.05) is 12.3 Å². The Hall–Kier alpha value is -1.35. The van der Waals surface area contributed by atoms with E-state index in [0.29, 0.717) is 17.8 Å². The molecule has 0 aliphatic rings. The third kappa shape index (κ3) is 5.33. The van der Waals surface area contributed by atoms with Gasteiger partial charge in [0.25, 0.3) is 0 Å². The van der Waals surface area contributed by atoms with Crippen LogP contribution < -0.4 is 5.32 Å². The van der Waals surface area contributed by atoms with Crippen LogP contribution in [0.1, 0.15) is 0 Å². The van der Waals surface area contributed by atoms with Crippen LogP contribution in [0.5, 0.6) is 0 Å². The predicted octanol–water partition coefficient (Wildman–Crippen LogP) is 2.10. The molecule has 1 amide bonds. The SMILES string of the molecule is O=C(CSc1ccc(F)cc1F)NCC(O)C(F)(F)F. The molecule has 0 radical (unpaired) electrons. The number of halogens is 5. The summed E-state index contributed by atoms with van der Waals surface area (Å²) in [5.41, 5.74) is 0. The molecular formula is C11H10F5NO2S. The third-order valence-electron chi connectivity index (χ3n) is 2.12. The number of hydrogen-bond donors (Lipinski definition) is 2. The molecule has 20 heavy (non-hydrogen) atoms. The molecule has 0 aliphatic carbocycles. The van der Waals surface area contributed by atoms with Gasteiger partial charge in [0, 0.05) is 11.0 Å². The monoisotopic (exact) mass is 315 g/mol. The van der Waals surface area contributed by atoms with Crippen molar-refractivity contribution in [1.82, 2.24) is 5.32 Å². The van der Waals surface area contributed by atoms with Gasteiger partial charge in [0.2, 0.25) is 5.91 Å². The van der Waals surface area contributed by atoms with Crippen LogP contribution in [0.4, 0.5) is 22.0 Å².